The molecule has 0 aromatic heterocycles. The van der Waals surface area contributed by atoms with Gasteiger partial charge in [0.1, 0.15) is 5.82 Å². The first-order valence-corrected chi connectivity index (χ1v) is 9.34. The molecular weight excluding hydrogens is 377 g/mol. The molecule has 0 bridgehead atoms. The number of halogens is 1. The predicted molar refractivity (Wildman–Crippen MR) is 104 cm³/mol. The molecule has 1 saturated heterocycles. The highest BCUT2D eigenvalue weighted by atomic mass is 19.1. The standard InChI is InChI=1S/C21H22FN3O4/c22-17-7-5-15(6-8-17)19(26)24-18-9-11-25(12-10-18)21(29)23-13-14-1-3-16(4-2-14)20(27)28/h1-8,18H,9-13H2,(H,23,29)(H,24,26)(H,27,28). The molecule has 0 aliphatic carbocycles. The number of carbonyl (C=O) groups is 3. The van der Waals surface area contributed by atoms with Crippen molar-refractivity contribution in [3.63, 3.8) is 0 Å². The van der Waals surface area contributed by atoms with Gasteiger partial charge in [0, 0.05) is 31.2 Å². The number of nitrogens with one attached hydrogen (secondary N) is 2. The van der Waals surface area contributed by atoms with Gasteiger partial charge in [-0.1, -0.05) is 12.1 Å². The van der Waals surface area contributed by atoms with Crippen LogP contribution in [0.2, 0.25) is 0 Å². The van der Waals surface area contributed by atoms with Gasteiger partial charge in [0.2, 0.25) is 0 Å². The second-order valence-corrected chi connectivity index (χ2v) is 6.90. The van der Waals surface area contributed by atoms with E-state index in [-0.39, 0.29) is 23.5 Å². The van der Waals surface area contributed by atoms with E-state index >= 15 is 0 Å². The van der Waals surface area contributed by atoms with Crippen molar-refractivity contribution in [1.29, 1.82) is 0 Å². The van der Waals surface area contributed by atoms with Crippen molar-refractivity contribution in [2.24, 2.45) is 0 Å². The number of aromatic carboxylic acids is 1. The summed E-state index contributed by atoms with van der Waals surface area (Å²) >= 11 is 0. The van der Waals surface area contributed by atoms with Crippen LogP contribution in [0.4, 0.5) is 9.18 Å². The van der Waals surface area contributed by atoms with Crippen LogP contribution >= 0.6 is 0 Å². The maximum atomic E-state index is 12.9. The summed E-state index contributed by atoms with van der Waals surface area (Å²) in [4.78, 5) is 37.1. The van der Waals surface area contributed by atoms with E-state index in [2.05, 4.69) is 10.6 Å². The minimum atomic E-state index is -0.991. The number of amides is 3. The Balaban J connectivity index is 1.42. The van der Waals surface area contributed by atoms with Crippen molar-refractivity contribution in [2.75, 3.05) is 13.1 Å². The molecule has 1 aliphatic rings. The molecule has 29 heavy (non-hydrogen) atoms. The van der Waals surface area contributed by atoms with E-state index in [0.29, 0.717) is 38.0 Å². The van der Waals surface area contributed by atoms with E-state index in [9.17, 15) is 18.8 Å². The van der Waals surface area contributed by atoms with Gasteiger partial charge in [-0.15, -0.1) is 0 Å². The summed E-state index contributed by atoms with van der Waals surface area (Å²) in [5.74, 6) is -1.63. The average molecular weight is 399 g/mol. The van der Waals surface area contributed by atoms with Crippen LogP contribution in [-0.2, 0) is 6.54 Å². The van der Waals surface area contributed by atoms with Gasteiger partial charge in [-0.3, -0.25) is 4.79 Å². The maximum absolute atomic E-state index is 12.9. The van der Waals surface area contributed by atoms with E-state index < -0.39 is 11.8 Å². The van der Waals surface area contributed by atoms with Gasteiger partial charge in [0.25, 0.3) is 5.91 Å². The first-order valence-electron chi connectivity index (χ1n) is 9.34. The molecule has 1 aliphatic heterocycles. The number of urea groups is 1. The summed E-state index contributed by atoms with van der Waals surface area (Å²) in [5.41, 5.74) is 1.41. The number of carboxylic acid groups (broad SMARTS) is 1. The number of benzene rings is 2. The van der Waals surface area contributed by atoms with E-state index in [0.717, 1.165) is 5.56 Å². The van der Waals surface area contributed by atoms with Gasteiger partial charge in [-0.25, -0.2) is 14.0 Å². The molecular formula is C21H22FN3O4. The lowest BCUT2D eigenvalue weighted by molar-refractivity contribution is 0.0696. The number of carbonyl (C=O) groups excluding carboxylic acids is 2. The molecule has 1 heterocycles. The Kier molecular flexibility index (Phi) is 6.43. The molecule has 152 valence electrons. The average Bonchev–Trinajstić information content (AvgIpc) is 2.73. The zero-order valence-corrected chi connectivity index (χ0v) is 15.7. The third-order valence-electron chi connectivity index (χ3n) is 4.87. The van der Waals surface area contributed by atoms with Crippen LogP contribution in [0.3, 0.4) is 0 Å². The van der Waals surface area contributed by atoms with Crippen LogP contribution in [-0.4, -0.2) is 47.0 Å². The summed E-state index contributed by atoms with van der Waals surface area (Å²) in [7, 11) is 0. The van der Waals surface area contributed by atoms with Crippen LogP contribution in [0.5, 0.6) is 0 Å². The molecule has 0 radical (unpaired) electrons. The Hall–Kier alpha value is -3.42. The third-order valence-corrected chi connectivity index (χ3v) is 4.87. The molecule has 2 aromatic carbocycles. The van der Waals surface area contributed by atoms with E-state index in [1.165, 1.54) is 36.4 Å². The third kappa shape index (κ3) is 5.54. The van der Waals surface area contributed by atoms with E-state index in [1.807, 2.05) is 0 Å². The monoisotopic (exact) mass is 399 g/mol. The molecule has 0 atom stereocenters. The first-order chi connectivity index (χ1) is 13.9. The topological polar surface area (TPSA) is 98.7 Å². The number of piperidine rings is 1. The van der Waals surface area contributed by atoms with Gasteiger partial charge in [-0.05, 0) is 54.8 Å². The number of likely N-dealkylation sites (tertiary alicyclic amines) is 1. The Labute approximate surface area is 167 Å². The second-order valence-electron chi connectivity index (χ2n) is 6.90. The van der Waals surface area contributed by atoms with Crippen molar-refractivity contribution in [2.45, 2.75) is 25.4 Å². The SMILES string of the molecule is O=C(O)c1ccc(CNC(=O)N2CCC(NC(=O)c3ccc(F)cc3)CC2)cc1. The Morgan fingerprint density at radius 3 is 2.14 bits per heavy atom. The fourth-order valence-corrected chi connectivity index (χ4v) is 3.15. The molecule has 7 nitrogen and oxygen atoms in total. The molecule has 0 spiro atoms. The maximum Gasteiger partial charge on any atom is 0.335 e. The summed E-state index contributed by atoms with van der Waals surface area (Å²) in [6, 6.07) is 11.5. The number of hydrogen-bond acceptors (Lipinski definition) is 3. The minimum Gasteiger partial charge on any atom is -0.478 e. The number of rotatable bonds is 5. The highest BCUT2D eigenvalue weighted by molar-refractivity contribution is 5.94. The van der Waals surface area contributed by atoms with Crippen LogP contribution < -0.4 is 10.6 Å². The Morgan fingerprint density at radius 2 is 1.55 bits per heavy atom. The van der Waals surface area contributed by atoms with Gasteiger partial charge in [0.05, 0.1) is 5.56 Å². The molecule has 3 rings (SSSR count). The van der Waals surface area contributed by atoms with Crippen molar-refractivity contribution in [1.82, 2.24) is 15.5 Å². The van der Waals surface area contributed by atoms with E-state index in [4.69, 9.17) is 5.11 Å². The molecule has 3 amide bonds. The fraction of sp³-hybridized carbons (Fsp3) is 0.286. The highest BCUT2D eigenvalue weighted by Crippen LogP contribution is 2.12. The van der Waals surface area contributed by atoms with Crippen molar-refractivity contribution in [3.05, 3.63) is 71.0 Å². The minimum absolute atomic E-state index is 0.0415. The quantitative estimate of drug-likeness (QED) is 0.720. The molecule has 2 aromatic rings. The largest absolute Gasteiger partial charge is 0.478 e. The molecule has 8 heteroatoms. The highest BCUT2D eigenvalue weighted by Gasteiger charge is 2.24. The van der Waals surface area contributed by atoms with Crippen LogP contribution in [0.1, 0.15) is 39.1 Å². The fourth-order valence-electron chi connectivity index (χ4n) is 3.15. The van der Waals surface area contributed by atoms with Crippen LogP contribution in [0.25, 0.3) is 0 Å². The van der Waals surface area contributed by atoms with Crippen LogP contribution in [0, 0.1) is 5.82 Å². The summed E-state index contributed by atoms with van der Waals surface area (Å²) in [5, 5.41) is 14.6. The zero-order chi connectivity index (χ0) is 20.8. The number of hydrogen-bond donors (Lipinski definition) is 3. The molecule has 0 unspecified atom stereocenters. The van der Waals surface area contributed by atoms with Crippen LogP contribution in [0.15, 0.2) is 48.5 Å². The van der Waals surface area contributed by atoms with Crippen molar-refractivity contribution >= 4 is 17.9 Å². The number of carboxylic acids is 1. The van der Waals surface area contributed by atoms with Gasteiger partial charge >= 0.3 is 12.0 Å². The lowest BCUT2D eigenvalue weighted by Gasteiger charge is -2.32. The zero-order valence-electron chi connectivity index (χ0n) is 15.7. The molecule has 1 fully saturated rings. The molecule has 0 saturated carbocycles. The lowest BCUT2D eigenvalue weighted by Crippen LogP contribution is -2.49. The Morgan fingerprint density at radius 1 is 0.966 bits per heavy atom. The normalized spacial score (nSPS) is 14.3. The van der Waals surface area contributed by atoms with Crippen molar-refractivity contribution in [3.8, 4) is 0 Å². The first kappa shape index (κ1) is 20.3. The van der Waals surface area contributed by atoms with Gasteiger partial charge in [-0.2, -0.15) is 0 Å². The predicted octanol–water partition coefficient (Wildman–Crippen LogP) is 2.63. The van der Waals surface area contributed by atoms with Crippen molar-refractivity contribution < 1.29 is 23.9 Å². The lowest BCUT2D eigenvalue weighted by atomic mass is 10.0. The summed E-state index contributed by atoms with van der Waals surface area (Å²) in [6.45, 7) is 1.33. The summed E-state index contributed by atoms with van der Waals surface area (Å²) < 4.78 is 12.9. The number of nitrogens with zero attached hydrogens (tertiary/aromatic N) is 1. The summed E-state index contributed by atoms with van der Waals surface area (Å²) in [6.07, 6.45) is 1.27. The van der Waals surface area contributed by atoms with Gasteiger partial charge < -0.3 is 20.6 Å². The van der Waals surface area contributed by atoms with Gasteiger partial charge in [0.15, 0.2) is 0 Å². The van der Waals surface area contributed by atoms with E-state index in [1.54, 1.807) is 17.0 Å². The second kappa shape index (κ2) is 9.18. The smallest absolute Gasteiger partial charge is 0.335 e. The Bertz CT molecular complexity index is 876. The molecule has 3 N–H and O–H groups in total.